The zero-order valence-corrected chi connectivity index (χ0v) is 8.06. The normalized spacial score (nSPS) is 11.9. The Bertz CT molecular complexity index is 332. The molecule has 0 N–H and O–H groups in total. The molecule has 4 heteroatoms. The van der Waals surface area contributed by atoms with E-state index >= 15 is 0 Å². The molecule has 0 radical (unpaired) electrons. The van der Waals surface area contributed by atoms with Crippen LogP contribution in [0.3, 0.4) is 0 Å². The molecule has 0 fully saturated rings. The fraction of sp³-hybridized carbons (Fsp3) is 0.300. The van der Waals surface area contributed by atoms with Crippen molar-refractivity contribution in [2.24, 2.45) is 5.18 Å². The second-order valence-electron chi connectivity index (χ2n) is 2.87. The van der Waals surface area contributed by atoms with E-state index in [4.69, 9.17) is 4.74 Å². The minimum Gasteiger partial charge on any atom is -0.497 e. The molecule has 1 aromatic rings. The van der Waals surface area contributed by atoms with Crippen LogP contribution < -0.4 is 4.74 Å². The predicted octanol–water partition coefficient (Wildman–Crippen LogP) is 2.03. The van der Waals surface area contributed by atoms with Gasteiger partial charge in [0, 0.05) is 5.56 Å². The van der Waals surface area contributed by atoms with Gasteiger partial charge in [0.2, 0.25) is 0 Å². The minimum absolute atomic E-state index is 0.275. The Kier molecular flexibility index (Phi) is 3.34. The third-order valence-electron chi connectivity index (χ3n) is 1.91. The first kappa shape index (κ1) is 10.4. The molecule has 14 heavy (non-hydrogen) atoms. The number of ether oxygens (including phenoxy) is 1. The van der Waals surface area contributed by atoms with Gasteiger partial charge in [-0.15, -0.1) is 0 Å². The highest BCUT2D eigenvalue weighted by Gasteiger charge is 2.14. The Hall–Kier alpha value is -1.71. The van der Waals surface area contributed by atoms with E-state index in [0.29, 0.717) is 11.3 Å². The van der Waals surface area contributed by atoms with Gasteiger partial charge in [-0.25, -0.2) is 0 Å². The van der Waals surface area contributed by atoms with Gasteiger partial charge in [-0.2, -0.15) is 4.91 Å². The van der Waals surface area contributed by atoms with Crippen molar-refractivity contribution < 1.29 is 9.53 Å². The first-order valence-corrected chi connectivity index (χ1v) is 4.19. The molecule has 0 aliphatic rings. The topological polar surface area (TPSA) is 55.7 Å². The van der Waals surface area contributed by atoms with E-state index in [1.54, 1.807) is 31.4 Å². The molecule has 4 nitrogen and oxygen atoms in total. The summed E-state index contributed by atoms with van der Waals surface area (Å²) in [6.07, 6.45) is 0. The van der Waals surface area contributed by atoms with Crippen molar-refractivity contribution in [2.45, 2.75) is 13.0 Å². The molecule has 0 saturated heterocycles. The molecule has 0 amide bonds. The van der Waals surface area contributed by atoms with Crippen LogP contribution in [0.2, 0.25) is 0 Å². The molecular formula is C10H11NO3. The largest absolute Gasteiger partial charge is 0.497 e. The van der Waals surface area contributed by atoms with Gasteiger partial charge in [-0.3, -0.25) is 4.79 Å². The maximum atomic E-state index is 11.4. The molecule has 1 rings (SSSR count). The minimum atomic E-state index is -0.830. The number of carbonyl (C=O) groups excluding carboxylic acids is 1. The van der Waals surface area contributed by atoms with Gasteiger partial charge < -0.3 is 4.74 Å². The summed E-state index contributed by atoms with van der Waals surface area (Å²) in [7, 11) is 1.55. The standard InChI is InChI=1S/C10H11NO3/c1-7(11-13)10(12)8-3-5-9(14-2)6-4-8/h3-7H,1-2H3. The van der Waals surface area contributed by atoms with E-state index in [0.717, 1.165) is 0 Å². The van der Waals surface area contributed by atoms with Crippen molar-refractivity contribution in [1.29, 1.82) is 0 Å². The highest BCUT2D eigenvalue weighted by atomic mass is 16.5. The number of carbonyl (C=O) groups is 1. The summed E-state index contributed by atoms with van der Waals surface area (Å²) < 4.78 is 4.94. The van der Waals surface area contributed by atoms with Gasteiger partial charge >= 0.3 is 0 Å². The first-order chi connectivity index (χ1) is 6.69. The fourth-order valence-corrected chi connectivity index (χ4v) is 1.04. The Morgan fingerprint density at radius 3 is 2.36 bits per heavy atom. The second kappa shape index (κ2) is 4.50. The molecule has 74 valence electrons. The van der Waals surface area contributed by atoms with Gasteiger partial charge in [0.1, 0.15) is 5.75 Å². The summed E-state index contributed by atoms with van der Waals surface area (Å²) in [6.45, 7) is 1.47. The van der Waals surface area contributed by atoms with Crippen LogP contribution in [-0.4, -0.2) is 18.9 Å². The number of benzene rings is 1. The fourth-order valence-electron chi connectivity index (χ4n) is 1.04. The van der Waals surface area contributed by atoms with E-state index in [1.165, 1.54) is 6.92 Å². The summed E-state index contributed by atoms with van der Waals surface area (Å²) in [5.74, 6) is 0.399. The third-order valence-corrected chi connectivity index (χ3v) is 1.91. The van der Waals surface area contributed by atoms with Gasteiger partial charge in [0.15, 0.2) is 11.8 Å². The molecule has 0 aliphatic heterocycles. The molecule has 0 heterocycles. The summed E-state index contributed by atoms with van der Waals surface area (Å²) in [4.78, 5) is 21.6. The van der Waals surface area contributed by atoms with E-state index in [1.807, 2.05) is 0 Å². The molecular weight excluding hydrogens is 182 g/mol. The lowest BCUT2D eigenvalue weighted by Crippen LogP contribution is -2.13. The van der Waals surface area contributed by atoms with Crippen molar-refractivity contribution in [3.05, 3.63) is 34.7 Å². The highest BCUT2D eigenvalue weighted by molar-refractivity contribution is 6.00. The van der Waals surface area contributed by atoms with Crippen LogP contribution in [0, 0.1) is 4.91 Å². The number of nitrogens with zero attached hydrogens (tertiary/aromatic N) is 1. The Balaban J connectivity index is 2.86. The number of hydrogen-bond acceptors (Lipinski definition) is 4. The van der Waals surface area contributed by atoms with Gasteiger partial charge in [-0.05, 0) is 31.2 Å². The van der Waals surface area contributed by atoms with Crippen LogP contribution in [-0.2, 0) is 0 Å². The van der Waals surface area contributed by atoms with Crippen LogP contribution in [0.25, 0.3) is 0 Å². The lowest BCUT2D eigenvalue weighted by Gasteiger charge is -2.03. The first-order valence-electron chi connectivity index (χ1n) is 4.19. The molecule has 1 atom stereocenters. The molecule has 1 aromatic carbocycles. The lowest BCUT2D eigenvalue weighted by molar-refractivity contribution is 0.0968. The van der Waals surface area contributed by atoms with Crippen LogP contribution in [0.5, 0.6) is 5.75 Å². The van der Waals surface area contributed by atoms with Crippen LogP contribution in [0.15, 0.2) is 29.4 Å². The summed E-state index contributed by atoms with van der Waals surface area (Å²) in [5, 5.41) is 2.68. The molecule has 1 unspecified atom stereocenters. The number of ketones is 1. The highest BCUT2D eigenvalue weighted by Crippen LogP contribution is 2.13. The van der Waals surface area contributed by atoms with Crippen LogP contribution >= 0.6 is 0 Å². The zero-order chi connectivity index (χ0) is 10.6. The maximum absolute atomic E-state index is 11.4. The van der Waals surface area contributed by atoms with E-state index in [2.05, 4.69) is 5.18 Å². The molecule has 0 aromatic heterocycles. The van der Waals surface area contributed by atoms with Crippen molar-refractivity contribution in [1.82, 2.24) is 0 Å². The smallest absolute Gasteiger partial charge is 0.190 e. The van der Waals surface area contributed by atoms with Crippen molar-refractivity contribution in [3.8, 4) is 5.75 Å². The number of methoxy groups -OCH3 is 1. The van der Waals surface area contributed by atoms with Crippen LogP contribution in [0.4, 0.5) is 0 Å². The summed E-state index contributed by atoms with van der Waals surface area (Å²) in [6, 6.07) is 5.74. The Morgan fingerprint density at radius 1 is 1.36 bits per heavy atom. The maximum Gasteiger partial charge on any atom is 0.190 e. The number of nitroso groups, excluding NO2 is 1. The van der Waals surface area contributed by atoms with Gasteiger partial charge in [0.05, 0.1) is 7.11 Å². The van der Waals surface area contributed by atoms with Gasteiger partial charge in [0.25, 0.3) is 0 Å². The van der Waals surface area contributed by atoms with Crippen molar-refractivity contribution in [3.63, 3.8) is 0 Å². The predicted molar refractivity (Wildman–Crippen MR) is 52.6 cm³/mol. The van der Waals surface area contributed by atoms with Crippen LogP contribution in [0.1, 0.15) is 17.3 Å². The van der Waals surface area contributed by atoms with E-state index in [9.17, 15) is 9.70 Å². The molecule has 0 spiro atoms. The molecule has 0 bridgehead atoms. The SMILES string of the molecule is COc1ccc(C(=O)C(C)N=O)cc1. The average Bonchev–Trinajstić information content (AvgIpc) is 2.27. The molecule has 0 saturated carbocycles. The quantitative estimate of drug-likeness (QED) is 0.543. The van der Waals surface area contributed by atoms with Gasteiger partial charge in [-0.1, -0.05) is 5.18 Å². The number of Topliss-reactive ketones (excluding diaryl/α,β-unsaturated/α-hetero) is 1. The number of hydrogen-bond donors (Lipinski definition) is 0. The number of rotatable bonds is 4. The molecule has 0 aliphatic carbocycles. The Morgan fingerprint density at radius 2 is 1.93 bits per heavy atom. The van der Waals surface area contributed by atoms with E-state index < -0.39 is 6.04 Å². The summed E-state index contributed by atoms with van der Waals surface area (Å²) >= 11 is 0. The van der Waals surface area contributed by atoms with E-state index in [-0.39, 0.29) is 5.78 Å². The zero-order valence-electron chi connectivity index (χ0n) is 8.06. The Labute approximate surface area is 81.9 Å². The van der Waals surface area contributed by atoms with Crippen molar-refractivity contribution >= 4 is 5.78 Å². The van der Waals surface area contributed by atoms with Crippen molar-refractivity contribution in [2.75, 3.05) is 7.11 Å². The average molecular weight is 193 g/mol. The lowest BCUT2D eigenvalue weighted by atomic mass is 10.1. The summed E-state index contributed by atoms with van der Waals surface area (Å²) in [5.41, 5.74) is 0.470. The third kappa shape index (κ3) is 2.16. The second-order valence-corrected chi connectivity index (χ2v) is 2.87. The monoisotopic (exact) mass is 193 g/mol.